The summed E-state index contributed by atoms with van der Waals surface area (Å²) in [5, 5.41) is 7.17. The Morgan fingerprint density at radius 2 is 2.19 bits per heavy atom. The van der Waals surface area contributed by atoms with E-state index in [2.05, 4.69) is 20.2 Å². The Morgan fingerprint density at radius 3 is 2.85 bits per heavy atom. The van der Waals surface area contributed by atoms with Crippen LogP contribution in [0, 0.1) is 13.5 Å². The maximum absolute atomic E-state index is 12.0. The SMILES string of the molecule is [C-]#[N+]C1=C(C(=O)OCC)Cn2nc(-c3ccc(C)c(NC(C)=O)c3)nc21. The lowest BCUT2D eigenvalue weighted by Crippen LogP contribution is -2.10. The smallest absolute Gasteiger partial charge is 0.325 e. The minimum Gasteiger partial charge on any atom is -0.463 e. The van der Waals surface area contributed by atoms with Crippen molar-refractivity contribution in [3.05, 3.63) is 46.6 Å². The number of ether oxygens (including phenoxy) is 1. The fourth-order valence-corrected chi connectivity index (χ4v) is 2.69. The lowest BCUT2D eigenvalue weighted by molar-refractivity contribution is -0.138. The summed E-state index contributed by atoms with van der Waals surface area (Å²) in [5.41, 5.74) is 2.74. The normalized spacial score (nSPS) is 12.5. The molecule has 0 saturated carbocycles. The van der Waals surface area contributed by atoms with Gasteiger partial charge in [0, 0.05) is 18.2 Å². The number of aryl methyl sites for hydroxylation is 1. The van der Waals surface area contributed by atoms with Gasteiger partial charge in [-0.15, -0.1) is 0 Å². The molecule has 8 nitrogen and oxygen atoms in total. The Balaban J connectivity index is 1.98. The number of carbonyl (C=O) groups excluding carboxylic acids is 2. The standard InChI is InChI=1S/C18H17N5O3/c1-5-26-18(25)13-9-23-17(15(13)19-4)21-16(22-23)12-7-6-10(2)14(8-12)20-11(3)24/h6-8H,5,9H2,1-3H3,(H,20,24). The summed E-state index contributed by atoms with van der Waals surface area (Å²) < 4.78 is 6.51. The summed E-state index contributed by atoms with van der Waals surface area (Å²) in [6.45, 7) is 12.8. The van der Waals surface area contributed by atoms with E-state index in [1.165, 1.54) is 11.6 Å². The van der Waals surface area contributed by atoms with Gasteiger partial charge in [-0.1, -0.05) is 12.1 Å². The van der Waals surface area contributed by atoms with E-state index in [9.17, 15) is 9.59 Å². The lowest BCUT2D eigenvalue weighted by Gasteiger charge is -2.07. The summed E-state index contributed by atoms with van der Waals surface area (Å²) in [6, 6.07) is 5.50. The van der Waals surface area contributed by atoms with Gasteiger partial charge in [0.2, 0.25) is 11.6 Å². The molecule has 2 heterocycles. The van der Waals surface area contributed by atoms with Crippen LogP contribution in [0.2, 0.25) is 0 Å². The number of rotatable bonds is 4. The van der Waals surface area contributed by atoms with E-state index >= 15 is 0 Å². The van der Waals surface area contributed by atoms with E-state index in [1.54, 1.807) is 13.0 Å². The van der Waals surface area contributed by atoms with E-state index in [0.29, 0.717) is 22.9 Å². The fraction of sp³-hybridized carbons (Fsp3) is 0.278. The van der Waals surface area contributed by atoms with Crippen molar-refractivity contribution in [2.45, 2.75) is 27.3 Å². The van der Waals surface area contributed by atoms with Crippen LogP contribution < -0.4 is 5.32 Å². The van der Waals surface area contributed by atoms with Gasteiger partial charge in [0.25, 0.3) is 0 Å². The molecule has 0 radical (unpaired) electrons. The first-order valence-electron chi connectivity index (χ1n) is 8.06. The molecule has 0 bridgehead atoms. The number of nitrogens with one attached hydrogen (secondary N) is 1. The molecule has 0 atom stereocenters. The second-order valence-corrected chi connectivity index (χ2v) is 5.79. The Morgan fingerprint density at radius 1 is 1.42 bits per heavy atom. The van der Waals surface area contributed by atoms with E-state index in [4.69, 9.17) is 11.3 Å². The van der Waals surface area contributed by atoms with Crippen LogP contribution in [0.4, 0.5) is 5.69 Å². The first kappa shape index (κ1) is 17.4. The second kappa shape index (κ2) is 6.80. The molecule has 0 aliphatic carbocycles. The molecule has 3 rings (SSSR count). The van der Waals surface area contributed by atoms with Crippen LogP contribution in [0.5, 0.6) is 0 Å². The number of benzene rings is 1. The lowest BCUT2D eigenvalue weighted by atomic mass is 10.1. The molecule has 8 heteroatoms. The number of nitrogens with zero attached hydrogens (tertiary/aromatic N) is 4. The first-order chi connectivity index (χ1) is 12.4. The summed E-state index contributed by atoms with van der Waals surface area (Å²) in [4.78, 5) is 31.2. The summed E-state index contributed by atoms with van der Waals surface area (Å²) in [5.74, 6) is 0.0915. The third kappa shape index (κ3) is 3.07. The van der Waals surface area contributed by atoms with Crippen molar-refractivity contribution in [1.82, 2.24) is 14.8 Å². The van der Waals surface area contributed by atoms with Crippen molar-refractivity contribution < 1.29 is 14.3 Å². The summed E-state index contributed by atoms with van der Waals surface area (Å²) >= 11 is 0. The molecule has 2 aromatic rings. The van der Waals surface area contributed by atoms with Crippen LogP contribution in [0.1, 0.15) is 25.2 Å². The number of anilines is 1. The number of carbonyl (C=O) groups is 2. The number of amides is 1. The molecule has 1 aliphatic heterocycles. The molecular weight excluding hydrogens is 334 g/mol. The van der Waals surface area contributed by atoms with Crippen LogP contribution in [-0.4, -0.2) is 33.2 Å². The predicted molar refractivity (Wildman–Crippen MR) is 94.7 cm³/mol. The van der Waals surface area contributed by atoms with Crippen molar-refractivity contribution in [2.75, 3.05) is 11.9 Å². The molecule has 1 aliphatic rings. The minimum atomic E-state index is -0.518. The van der Waals surface area contributed by atoms with Gasteiger partial charge in [-0.05, 0) is 25.5 Å². The van der Waals surface area contributed by atoms with E-state index in [1.807, 2.05) is 19.1 Å². The number of fused-ring (bicyclic) bond motifs is 1. The Labute approximate surface area is 150 Å². The highest BCUT2D eigenvalue weighted by Gasteiger charge is 2.31. The molecule has 132 valence electrons. The van der Waals surface area contributed by atoms with Gasteiger partial charge in [-0.3, -0.25) is 9.48 Å². The van der Waals surface area contributed by atoms with E-state index < -0.39 is 5.97 Å². The highest BCUT2D eigenvalue weighted by Crippen LogP contribution is 2.31. The van der Waals surface area contributed by atoms with Gasteiger partial charge in [0.15, 0.2) is 11.6 Å². The molecule has 1 N–H and O–H groups in total. The van der Waals surface area contributed by atoms with Crippen LogP contribution >= 0.6 is 0 Å². The third-order valence-electron chi connectivity index (χ3n) is 3.92. The fourth-order valence-electron chi connectivity index (χ4n) is 2.69. The molecule has 1 amide bonds. The zero-order valence-electron chi connectivity index (χ0n) is 14.7. The Kier molecular flexibility index (Phi) is 4.54. The second-order valence-electron chi connectivity index (χ2n) is 5.79. The molecule has 26 heavy (non-hydrogen) atoms. The average molecular weight is 351 g/mol. The van der Waals surface area contributed by atoms with Gasteiger partial charge in [0.05, 0.1) is 25.3 Å². The monoisotopic (exact) mass is 351 g/mol. The predicted octanol–water partition coefficient (Wildman–Crippen LogP) is 2.42. The molecule has 1 aromatic heterocycles. The molecule has 0 saturated heterocycles. The van der Waals surface area contributed by atoms with Crippen LogP contribution in [-0.2, 0) is 20.9 Å². The number of esters is 1. The molecule has 0 spiro atoms. The van der Waals surface area contributed by atoms with Gasteiger partial charge in [-0.25, -0.2) is 14.6 Å². The molecular formula is C18H17N5O3. The average Bonchev–Trinajstić information content (AvgIpc) is 3.14. The van der Waals surface area contributed by atoms with Crippen LogP contribution in [0.15, 0.2) is 23.8 Å². The van der Waals surface area contributed by atoms with Gasteiger partial charge >= 0.3 is 5.97 Å². The van der Waals surface area contributed by atoms with Gasteiger partial charge in [0.1, 0.15) is 0 Å². The van der Waals surface area contributed by atoms with Crippen LogP contribution in [0.3, 0.4) is 0 Å². The van der Waals surface area contributed by atoms with E-state index in [0.717, 1.165) is 5.56 Å². The molecule has 0 unspecified atom stereocenters. The van der Waals surface area contributed by atoms with Gasteiger partial charge in [-0.2, -0.15) is 5.10 Å². The van der Waals surface area contributed by atoms with Gasteiger partial charge < -0.3 is 10.1 Å². The van der Waals surface area contributed by atoms with Crippen molar-refractivity contribution in [1.29, 1.82) is 0 Å². The zero-order chi connectivity index (χ0) is 18.8. The quantitative estimate of drug-likeness (QED) is 0.675. The van der Waals surface area contributed by atoms with Crippen molar-refractivity contribution >= 4 is 23.3 Å². The maximum Gasteiger partial charge on any atom is 0.325 e. The minimum absolute atomic E-state index is 0.156. The first-order valence-corrected chi connectivity index (χ1v) is 8.06. The highest BCUT2D eigenvalue weighted by atomic mass is 16.5. The van der Waals surface area contributed by atoms with E-state index in [-0.39, 0.29) is 30.3 Å². The molecule has 1 aromatic carbocycles. The topological polar surface area (TPSA) is 90.5 Å². The maximum atomic E-state index is 12.0. The van der Waals surface area contributed by atoms with Crippen LogP contribution in [0.25, 0.3) is 21.9 Å². The van der Waals surface area contributed by atoms with Crippen molar-refractivity contribution in [3.8, 4) is 11.4 Å². The zero-order valence-corrected chi connectivity index (χ0v) is 14.7. The summed E-state index contributed by atoms with van der Waals surface area (Å²) in [7, 11) is 0. The number of hydrogen-bond donors (Lipinski definition) is 1. The number of hydrogen-bond acceptors (Lipinski definition) is 5. The van der Waals surface area contributed by atoms with Crippen molar-refractivity contribution in [3.63, 3.8) is 0 Å². The molecule has 0 fully saturated rings. The Hall–Kier alpha value is -3.47. The number of aromatic nitrogens is 3. The van der Waals surface area contributed by atoms with Crippen molar-refractivity contribution in [2.24, 2.45) is 0 Å². The highest BCUT2D eigenvalue weighted by molar-refractivity contribution is 5.99. The summed E-state index contributed by atoms with van der Waals surface area (Å²) in [6.07, 6.45) is 0. The Bertz CT molecular complexity index is 981. The third-order valence-corrected chi connectivity index (χ3v) is 3.92. The largest absolute Gasteiger partial charge is 0.463 e.